The minimum Gasteiger partial charge on any atom is -0.450 e. The van der Waals surface area contributed by atoms with Crippen LogP contribution in [0.1, 0.15) is 13.8 Å². The van der Waals surface area contributed by atoms with Gasteiger partial charge in [-0.05, 0) is 43.2 Å². The van der Waals surface area contributed by atoms with Gasteiger partial charge in [0.15, 0.2) is 6.61 Å². The van der Waals surface area contributed by atoms with Crippen molar-refractivity contribution in [3.8, 4) is 6.07 Å². The topological polar surface area (TPSA) is 50.1 Å². The second-order valence-electron chi connectivity index (χ2n) is 4.05. The van der Waals surface area contributed by atoms with Crippen molar-refractivity contribution in [1.82, 2.24) is 0 Å². The average Bonchev–Trinajstić information content (AvgIpc) is 2.63. The van der Waals surface area contributed by atoms with E-state index in [-0.39, 0.29) is 29.8 Å². The van der Waals surface area contributed by atoms with E-state index in [4.69, 9.17) is 10.00 Å². The summed E-state index contributed by atoms with van der Waals surface area (Å²) in [6.45, 7) is 3.85. The molecular weight excluding hydrogens is 326 g/mol. The van der Waals surface area contributed by atoms with Gasteiger partial charge >= 0.3 is 5.97 Å². The number of halogens is 2. The molecule has 0 spiro atoms. The van der Waals surface area contributed by atoms with Gasteiger partial charge in [0, 0.05) is 0 Å². The molecule has 1 fully saturated rings. The highest BCUT2D eigenvalue weighted by Gasteiger charge is 2.61. The van der Waals surface area contributed by atoms with E-state index in [0.717, 1.165) is 3.39 Å². The van der Waals surface area contributed by atoms with Gasteiger partial charge in [0.25, 0.3) is 0 Å². The number of carbonyl (C=O) groups is 1. The monoisotopic (exact) mass is 335 g/mol. The molecule has 0 N–H and O–H groups in total. The van der Waals surface area contributed by atoms with Crippen LogP contribution in [0.4, 0.5) is 0 Å². The summed E-state index contributed by atoms with van der Waals surface area (Å²) < 4.78 is 5.64. The molecule has 1 saturated carbocycles. The molecule has 3 nitrogen and oxygen atoms in total. The molecule has 0 aromatic heterocycles. The predicted molar refractivity (Wildman–Crippen MR) is 63.3 cm³/mol. The lowest BCUT2D eigenvalue weighted by Gasteiger charge is -2.00. The number of nitrogens with zero attached hydrogens (tertiary/aromatic N) is 1. The summed E-state index contributed by atoms with van der Waals surface area (Å²) in [5.41, 5.74) is -0.0840. The molecule has 82 valence electrons. The molecule has 2 unspecified atom stereocenters. The molecule has 0 aliphatic heterocycles. The molecule has 1 aliphatic carbocycles. The number of hydrogen-bond acceptors (Lipinski definition) is 3. The van der Waals surface area contributed by atoms with Crippen LogP contribution in [0, 0.1) is 28.6 Å². The van der Waals surface area contributed by atoms with Gasteiger partial charge in [0.05, 0.1) is 9.31 Å². The van der Waals surface area contributed by atoms with Crippen LogP contribution in [-0.4, -0.2) is 12.6 Å². The Morgan fingerprint density at radius 2 is 2.20 bits per heavy atom. The van der Waals surface area contributed by atoms with Crippen LogP contribution in [0.25, 0.3) is 0 Å². The fraction of sp³-hybridized carbons (Fsp3) is 0.600. The van der Waals surface area contributed by atoms with E-state index < -0.39 is 0 Å². The van der Waals surface area contributed by atoms with E-state index in [1.165, 1.54) is 0 Å². The summed E-state index contributed by atoms with van der Waals surface area (Å²) in [4.78, 5) is 11.5. The zero-order valence-electron chi connectivity index (χ0n) is 8.46. The van der Waals surface area contributed by atoms with E-state index in [0.29, 0.717) is 0 Å². The summed E-state index contributed by atoms with van der Waals surface area (Å²) in [6.07, 6.45) is 1.94. The summed E-state index contributed by atoms with van der Waals surface area (Å²) in [6, 6.07) is 1.79. The van der Waals surface area contributed by atoms with Gasteiger partial charge in [-0.25, -0.2) is 0 Å². The number of ether oxygens (including phenoxy) is 1. The Labute approximate surface area is 106 Å². The summed E-state index contributed by atoms with van der Waals surface area (Å²) in [5, 5.41) is 8.30. The molecule has 1 rings (SSSR count). The van der Waals surface area contributed by atoms with Crippen molar-refractivity contribution in [3.05, 3.63) is 9.47 Å². The molecule has 0 amide bonds. The standard InChI is InChI=1S/C10H11Br2NO2/c1-10(2)6(5-7(11)12)8(10)9(14)15-4-3-13/h5-6,8H,4H2,1-2H3. The minimum absolute atomic E-state index is 0.0840. The number of rotatable bonds is 3. The van der Waals surface area contributed by atoms with Crippen LogP contribution in [0.2, 0.25) is 0 Å². The molecule has 0 aromatic rings. The normalized spacial score (nSPS) is 26.3. The number of nitriles is 1. The van der Waals surface area contributed by atoms with Gasteiger partial charge in [0.1, 0.15) is 6.07 Å². The van der Waals surface area contributed by atoms with E-state index in [9.17, 15) is 4.79 Å². The SMILES string of the molecule is CC1(C)C(C=C(Br)Br)C1C(=O)OCC#N. The first kappa shape index (κ1) is 12.7. The van der Waals surface area contributed by atoms with Crippen molar-refractivity contribution in [2.45, 2.75) is 13.8 Å². The Morgan fingerprint density at radius 1 is 1.60 bits per heavy atom. The fourth-order valence-electron chi connectivity index (χ4n) is 1.77. The van der Waals surface area contributed by atoms with Crippen LogP contribution in [0.5, 0.6) is 0 Å². The van der Waals surface area contributed by atoms with Crippen molar-refractivity contribution < 1.29 is 9.53 Å². The summed E-state index contributed by atoms with van der Waals surface area (Å²) in [7, 11) is 0. The number of allylic oxidation sites excluding steroid dienone is 1. The summed E-state index contributed by atoms with van der Waals surface area (Å²) in [5.74, 6) is -0.266. The van der Waals surface area contributed by atoms with Gasteiger partial charge in [-0.2, -0.15) is 5.26 Å². The van der Waals surface area contributed by atoms with Gasteiger partial charge < -0.3 is 4.74 Å². The molecule has 1 aliphatic rings. The lowest BCUT2D eigenvalue weighted by molar-refractivity contribution is -0.144. The van der Waals surface area contributed by atoms with E-state index in [2.05, 4.69) is 31.9 Å². The van der Waals surface area contributed by atoms with Crippen LogP contribution in [0.3, 0.4) is 0 Å². The third-order valence-corrected chi connectivity index (χ3v) is 3.28. The molecule has 15 heavy (non-hydrogen) atoms. The maximum atomic E-state index is 11.5. The second kappa shape index (κ2) is 4.67. The van der Waals surface area contributed by atoms with Crippen molar-refractivity contribution in [2.24, 2.45) is 17.3 Å². The molecule has 0 aromatic carbocycles. The predicted octanol–water partition coefficient (Wildman–Crippen LogP) is 2.96. The second-order valence-corrected chi connectivity index (χ2v) is 6.82. The van der Waals surface area contributed by atoms with E-state index in [1.807, 2.05) is 19.9 Å². The van der Waals surface area contributed by atoms with Crippen molar-refractivity contribution in [3.63, 3.8) is 0 Å². The largest absolute Gasteiger partial charge is 0.450 e. The Kier molecular flexibility index (Phi) is 3.96. The fourth-order valence-corrected chi connectivity index (χ4v) is 2.34. The Morgan fingerprint density at radius 3 is 2.67 bits per heavy atom. The van der Waals surface area contributed by atoms with Crippen molar-refractivity contribution in [2.75, 3.05) is 6.61 Å². The first-order valence-electron chi connectivity index (χ1n) is 4.47. The van der Waals surface area contributed by atoms with E-state index >= 15 is 0 Å². The zero-order chi connectivity index (χ0) is 11.6. The van der Waals surface area contributed by atoms with Crippen molar-refractivity contribution in [1.29, 1.82) is 5.26 Å². The lowest BCUT2D eigenvalue weighted by Crippen LogP contribution is -2.10. The molecule has 0 saturated heterocycles. The minimum atomic E-state index is -0.288. The zero-order valence-corrected chi connectivity index (χ0v) is 11.6. The molecule has 2 atom stereocenters. The highest BCUT2D eigenvalue weighted by Crippen LogP contribution is 2.60. The number of carbonyl (C=O) groups excluding carboxylic acids is 1. The number of esters is 1. The molecular formula is C10H11Br2NO2. The Bertz CT molecular complexity index is 340. The van der Waals surface area contributed by atoms with Gasteiger partial charge in [-0.1, -0.05) is 19.9 Å². The van der Waals surface area contributed by atoms with Crippen LogP contribution >= 0.6 is 31.9 Å². The average molecular weight is 337 g/mol. The highest BCUT2D eigenvalue weighted by atomic mass is 79.9. The first-order valence-corrected chi connectivity index (χ1v) is 6.06. The van der Waals surface area contributed by atoms with Gasteiger partial charge in [0.2, 0.25) is 0 Å². The lowest BCUT2D eigenvalue weighted by atomic mass is 10.1. The highest BCUT2D eigenvalue weighted by molar-refractivity contribution is 9.28. The molecule has 0 radical (unpaired) electrons. The van der Waals surface area contributed by atoms with Gasteiger partial charge in [-0.3, -0.25) is 4.79 Å². The Hall–Kier alpha value is -0.340. The quantitative estimate of drug-likeness (QED) is 0.744. The van der Waals surface area contributed by atoms with Crippen LogP contribution in [-0.2, 0) is 9.53 Å². The molecule has 0 bridgehead atoms. The third-order valence-electron chi connectivity index (χ3n) is 2.75. The maximum absolute atomic E-state index is 11.5. The van der Waals surface area contributed by atoms with Gasteiger partial charge in [-0.15, -0.1) is 0 Å². The maximum Gasteiger partial charge on any atom is 0.311 e. The van der Waals surface area contributed by atoms with E-state index in [1.54, 1.807) is 6.07 Å². The van der Waals surface area contributed by atoms with Crippen LogP contribution < -0.4 is 0 Å². The summed E-state index contributed by atoms with van der Waals surface area (Å²) >= 11 is 6.54. The number of hydrogen-bond donors (Lipinski definition) is 0. The van der Waals surface area contributed by atoms with Crippen LogP contribution in [0.15, 0.2) is 9.47 Å². The smallest absolute Gasteiger partial charge is 0.311 e. The Balaban J connectivity index is 2.63. The van der Waals surface area contributed by atoms with Crippen molar-refractivity contribution >= 4 is 37.8 Å². The molecule has 5 heteroatoms. The third kappa shape index (κ3) is 2.82. The first-order chi connectivity index (χ1) is 6.91. The molecule has 0 heterocycles.